The van der Waals surface area contributed by atoms with Gasteiger partial charge in [0.05, 0.1) is 4.83 Å². The summed E-state index contributed by atoms with van der Waals surface area (Å²) in [6, 6.07) is 0. The summed E-state index contributed by atoms with van der Waals surface area (Å²) in [7, 11) is 0. The predicted octanol–water partition coefficient (Wildman–Crippen LogP) is 2.14. The van der Waals surface area contributed by atoms with Crippen molar-refractivity contribution in [2.45, 2.75) is 31.5 Å². The fraction of sp³-hybridized carbons (Fsp3) is 0.833. The third kappa shape index (κ3) is 2.46. The van der Waals surface area contributed by atoms with Gasteiger partial charge >= 0.3 is 0 Å². The van der Waals surface area contributed by atoms with Crippen molar-refractivity contribution in [2.75, 3.05) is 0 Å². The lowest BCUT2D eigenvalue weighted by Gasteiger charge is -1.99. The van der Waals surface area contributed by atoms with Gasteiger partial charge in [-0.3, -0.25) is 4.79 Å². The summed E-state index contributed by atoms with van der Waals surface area (Å²) in [6.07, 6.45) is 1.54. The van der Waals surface area contributed by atoms with E-state index in [0.717, 1.165) is 6.42 Å². The third-order valence-corrected chi connectivity index (χ3v) is 2.21. The lowest BCUT2D eigenvalue weighted by Crippen LogP contribution is -2.10. The van der Waals surface area contributed by atoms with Crippen LogP contribution in [0.15, 0.2) is 0 Å². The zero-order valence-corrected chi connectivity index (χ0v) is 6.86. The highest BCUT2D eigenvalue weighted by atomic mass is 79.9. The first-order valence-corrected chi connectivity index (χ1v) is 3.80. The second-order valence-electron chi connectivity index (χ2n) is 1.70. The number of alkyl halides is 1. The minimum atomic E-state index is 0.0903. The second kappa shape index (κ2) is 4.07. The number of carbonyl (C=O) groups excluding carboxylic acids is 1. The van der Waals surface area contributed by atoms with Gasteiger partial charge in [-0.1, -0.05) is 29.8 Å². The molecule has 2 heteroatoms. The lowest BCUT2D eigenvalue weighted by molar-refractivity contribution is -0.118. The van der Waals surface area contributed by atoms with E-state index in [9.17, 15) is 4.79 Å². The Labute approximate surface area is 58.6 Å². The first kappa shape index (κ1) is 8.15. The highest BCUT2D eigenvalue weighted by molar-refractivity contribution is 9.10. The van der Waals surface area contributed by atoms with Crippen LogP contribution in [0.5, 0.6) is 0 Å². The van der Waals surface area contributed by atoms with Crippen molar-refractivity contribution in [3.05, 3.63) is 0 Å². The van der Waals surface area contributed by atoms with E-state index in [4.69, 9.17) is 0 Å². The van der Waals surface area contributed by atoms with Crippen molar-refractivity contribution in [3.63, 3.8) is 0 Å². The van der Waals surface area contributed by atoms with Crippen LogP contribution in [0.25, 0.3) is 0 Å². The molecule has 1 unspecified atom stereocenters. The molecule has 0 heterocycles. The maximum Gasteiger partial charge on any atom is 0.146 e. The van der Waals surface area contributed by atoms with E-state index in [1.54, 1.807) is 0 Å². The van der Waals surface area contributed by atoms with Crippen molar-refractivity contribution in [1.29, 1.82) is 0 Å². The Kier molecular flexibility index (Phi) is 4.15. The van der Waals surface area contributed by atoms with Gasteiger partial charge in [0, 0.05) is 6.42 Å². The molecule has 0 aliphatic heterocycles. The smallest absolute Gasteiger partial charge is 0.146 e. The topological polar surface area (TPSA) is 17.1 Å². The van der Waals surface area contributed by atoms with Crippen molar-refractivity contribution in [1.82, 2.24) is 0 Å². The van der Waals surface area contributed by atoms with E-state index in [-0.39, 0.29) is 4.83 Å². The fourth-order valence-corrected chi connectivity index (χ4v) is 0.773. The van der Waals surface area contributed by atoms with Crippen molar-refractivity contribution >= 4 is 21.7 Å². The molecule has 0 fully saturated rings. The van der Waals surface area contributed by atoms with Crippen LogP contribution < -0.4 is 0 Å². The molecule has 0 aliphatic carbocycles. The van der Waals surface area contributed by atoms with Gasteiger partial charge in [0.1, 0.15) is 5.78 Å². The van der Waals surface area contributed by atoms with Gasteiger partial charge in [-0.15, -0.1) is 0 Å². The molecule has 0 bridgehead atoms. The molecule has 0 spiro atoms. The van der Waals surface area contributed by atoms with Gasteiger partial charge in [0.15, 0.2) is 0 Å². The molecule has 0 saturated carbocycles. The third-order valence-electron chi connectivity index (χ3n) is 1.06. The van der Waals surface area contributed by atoms with Crippen LogP contribution in [-0.2, 0) is 4.79 Å². The Morgan fingerprint density at radius 3 is 2.25 bits per heavy atom. The van der Waals surface area contributed by atoms with E-state index in [2.05, 4.69) is 15.9 Å². The summed E-state index contributed by atoms with van der Waals surface area (Å²) in [4.78, 5) is 10.8. The van der Waals surface area contributed by atoms with Crippen LogP contribution in [0, 0.1) is 0 Å². The summed E-state index contributed by atoms with van der Waals surface area (Å²) < 4.78 is 0. The quantitative estimate of drug-likeness (QED) is 0.606. The largest absolute Gasteiger partial charge is 0.298 e. The van der Waals surface area contributed by atoms with Crippen LogP contribution in [0.1, 0.15) is 26.7 Å². The minimum absolute atomic E-state index is 0.0903. The van der Waals surface area contributed by atoms with E-state index in [1.165, 1.54) is 0 Å². The van der Waals surface area contributed by atoms with Crippen molar-refractivity contribution in [2.24, 2.45) is 0 Å². The first-order chi connectivity index (χ1) is 3.72. The second-order valence-corrected chi connectivity index (χ2v) is 2.80. The molecule has 0 aromatic carbocycles. The van der Waals surface area contributed by atoms with Crippen LogP contribution in [0.4, 0.5) is 0 Å². The van der Waals surface area contributed by atoms with E-state index < -0.39 is 0 Å². The molecule has 0 aromatic rings. The molecule has 0 aromatic heterocycles. The Morgan fingerprint density at radius 2 is 2.12 bits per heavy atom. The summed E-state index contributed by atoms with van der Waals surface area (Å²) in [5.74, 6) is 0.299. The summed E-state index contributed by atoms with van der Waals surface area (Å²) >= 11 is 3.25. The summed E-state index contributed by atoms with van der Waals surface area (Å²) in [6.45, 7) is 3.87. The fourth-order valence-electron chi connectivity index (χ4n) is 0.449. The zero-order chi connectivity index (χ0) is 6.57. The maximum absolute atomic E-state index is 10.7. The van der Waals surface area contributed by atoms with Crippen molar-refractivity contribution in [3.8, 4) is 0 Å². The standard InChI is InChI=1S/C6H11BrO/c1-3-5(7)6(8)4-2/h5H,3-4H2,1-2H3. The summed E-state index contributed by atoms with van der Waals surface area (Å²) in [5, 5.41) is 0. The van der Waals surface area contributed by atoms with E-state index in [0.29, 0.717) is 12.2 Å². The van der Waals surface area contributed by atoms with Gasteiger partial charge in [-0.25, -0.2) is 0 Å². The molecule has 8 heavy (non-hydrogen) atoms. The zero-order valence-electron chi connectivity index (χ0n) is 5.28. The number of halogens is 1. The normalized spacial score (nSPS) is 13.4. The Bertz CT molecular complexity index is 80.6. The number of Topliss-reactive ketones (excluding diaryl/α,β-unsaturated/α-hetero) is 1. The van der Waals surface area contributed by atoms with Gasteiger partial charge in [-0.05, 0) is 6.42 Å². The molecule has 0 amide bonds. The molecule has 1 atom stereocenters. The first-order valence-electron chi connectivity index (χ1n) is 2.89. The molecule has 0 aliphatic rings. The van der Waals surface area contributed by atoms with Crippen LogP contribution >= 0.6 is 15.9 Å². The molecule has 0 radical (unpaired) electrons. The van der Waals surface area contributed by atoms with Crippen molar-refractivity contribution < 1.29 is 4.79 Å². The number of hydrogen-bond donors (Lipinski definition) is 0. The number of rotatable bonds is 3. The molecule has 1 nitrogen and oxygen atoms in total. The Hall–Kier alpha value is 0.150. The van der Waals surface area contributed by atoms with Crippen LogP contribution in [0.3, 0.4) is 0 Å². The monoisotopic (exact) mass is 178 g/mol. The SMILES string of the molecule is CCC(=O)C(Br)CC. The minimum Gasteiger partial charge on any atom is -0.298 e. The molecular weight excluding hydrogens is 168 g/mol. The van der Waals surface area contributed by atoms with Crippen LogP contribution in [0.2, 0.25) is 0 Å². The van der Waals surface area contributed by atoms with E-state index >= 15 is 0 Å². The lowest BCUT2D eigenvalue weighted by atomic mass is 10.2. The average molecular weight is 179 g/mol. The molecular formula is C6H11BrO. The summed E-state index contributed by atoms with van der Waals surface area (Å²) in [5.41, 5.74) is 0. The predicted molar refractivity (Wildman–Crippen MR) is 38.3 cm³/mol. The molecule has 48 valence electrons. The molecule has 0 N–H and O–H groups in total. The number of ketones is 1. The maximum atomic E-state index is 10.7. The van der Waals surface area contributed by atoms with Crippen LogP contribution in [-0.4, -0.2) is 10.6 Å². The number of carbonyl (C=O) groups is 1. The Morgan fingerprint density at radius 1 is 1.62 bits per heavy atom. The van der Waals surface area contributed by atoms with Gasteiger partial charge in [0.2, 0.25) is 0 Å². The average Bonchev–Trinajstić information content (AvgIpc) is 1.84. The molecule has 0 saturated heterocycles. The highest BCUT2D eigenvalue weighted by Gasteiger charge is 2.07. The van der Waals surface area contributed by atoms with Gasteiger partial charge in [0.25, 0.3) is 0 Å². The highest BCUT2D eigenvalue weighted by Crippen LogP contribution is 2.06. The van der Waals surface area contributed by atoms with E-state index in [1.807, 2.05) is 13.8 Å². The number of hydrogen-bond acceptors (Lipinski definition) is 1. The van der Waals surface area contributed by atoms with Gasteiger partial charge < -0.3 is 0 Å². The Balaban J connectivity index is 3.46. The van der Waals surface area contributed by atoms with Gasteiger partial charge in [-0.2, -0.15) is 0 Å². The molecule has 0 rings (SSSR count).